The molecule has 5 heteroatoms. The van der Waals surface area contributed by atoms with Crippen molar-refractivity contribution in [1.29, 1.82) is 0 Å². The molecule has 0 aliphatic rings. The van der Waals surface area contributed by atoms with Gasteiger partial charge in [0.2, 0.25) is 0 Å². The fourth-order valence-electron chi connectivity index (χ4n) is 0.936. The summed E-state index contributed by atoms with van der Waals surface area (Å²) in [4.78, 5) is 11.4. The number of benzene rings is 1. The molecular weight excluding hydrogens is 253 g/mol. The lowest BCUT2D eigenvalue weighted by molar-refractivity contribution is 0.0943. The van der Waals surface area contributed by atoms with E-state index in [1.165, 1.54) is 12.1 Å². The zero-order valence-corrected chi connectivity index (χ0v) is 8.84. The Morgan fingerprint density at radius 3 is 2.93 bits per heavy atom. The third-order valence-corrected chi connectivity index (χ3v) is 2.26. The third kappa shape index (κ3) is 2.78. The lowest BCUT2D eigenvalue weighted by Crippen LogP contribution is -2.26. The van der Waals surface area contributed by atoms with E-state index in [2.05, 4.69) is 21.2 Å². The Kier molecular flexibility index (Phi) is 4.03. The number of rotatable bonds is 3. The molecule has 3 nitrogen and oxygen atoms in total. The van der Waals surface area contributed by atoms with Crippen LogP contribution in [0.5, 0.6) is 0 Å². The summed E-state index contributed by atoms with van der Waals surface area (Å²) in [7, 11) is 0. The van der Waals surface area contributed by atoms with Crippen LogP contribution >= 0.6 is 15.9 Å². The van der Waals surface area contributed by atoms with Crippen molar-refractivity contribution in [3.8, 4) is 0 Å². The van der Waals surface area contributed by atoms with E-state index in [9.17, 15) is 9.18 Å². The Morgan fingerprint density at radius 1 is 1.57 bits per heavy atom. The molecule has 0 aliphatic heterocycles. The maximum atomic E-state index is 12.8. The molecule has 0 spiro atoms. The van der Waals surface area contributed by atoms with Gasteiger partial charge in [-0.2, -0.15) is 0 Å². The Morgan fingerprint density at radius 2 is 2.29 bits per heavy atom. The molecule has 0 aliphatic carbocycles. The van der Waals surface area contributed by atoms with Crippen LogP contribution in [0.3, 0.4) is 0 Å². The van der Waals surface area contributed by atoms with Gasteiger partial charge in [-0.3, -0.25) is 4.79 Å². The topological polar surface area (TPSA) is 49.3 Å². The van der Waals surface area contributed by atoms with Gasteiger partial charge in [-0.25, -0.2) is 4.39 Å². The van der Waals surface area contributed by atoms with Crippen molar-refractivity contribution in [3.05, 3.63) is 34.1 Å². The number of halogens is 2. The minimum atomic E-state index is -0.470. The van der Waals surface area contributed by atoms with Gasteiger partial charge in [-0.05, 0) is 34.1 Å². The van der Waals surface area contributed by atoms with Crippen molar-refractivity contribution in [1.82, 2.24) is 5.32 Å². The fraction of sp³-hybridized carbons (Fsp3) is 0.222. The van der Waals surface area contributed by atoms with Gasteiger partial charge in [0.1, 0.15) is 5.82 Å². The van der Waals surface area contributed by atoms with Crippen molar-refractivity contribution >= 4 is 21.8 Å². The number of amides is 1. The van der Waals surface area contributed by atoms with Gasteiger partial charge in [-0.1, -0.05) is 0 Å². The van der Waals surface area contributed by atoms with Gasteiger partial charge in [0.05, 0.1) is 12.2 Å². The van der Waals surface area contributed by atoms with Gasteiger partial charge >= 0.3 is 0 Å². The molecule has 1 rings (SSSR count). The summed E-state index contributed by atoms with van der Waals surface area (Å²) in [5.41, 5.74) is 0.221. The Bertz CT molecular complexity index is 344. The summed E-state index contributed by atoms with van der Waals surface area (Å²) in [5.74, 6) is -0.882. The van der Waals surface area contributed by atoms with E-state index < -0.39 is 11.7 Å². The summed E-state index contributed by atoms with van der Waals surface area (Å²) >= 11 is 3.13. The number of carbonyl (C=O) groups is 1. The molecule has 76 valence electrons. The maximum Gasteiger partial charge on any atom is 0.252 e. The second-order valence-corrected chi connectivity index (χ2v) is 3.46. The van der Waals surface area contributed by atoms with E-state index in [1.54, 1.807) is 0 Å². The van der Waals surface area contributed by atoms with Crippen LogP contribution in [0.25, 0.3) is 0 Å². The molecule has 0 aromatic heterocycles. The molecule has 1 amide bonds. The third-order valence-electron chi connectivity index (χ3n) is 1.57. The molecule has 0 saturated carbocycles. The highest BCUT2D eigenvalue weighted by Gasteiger charge is 2.09. The molecule has 14 heavy (non-hydrogen) atoms. The van der Waals surface area contributed by atoms with Crippen LogP contribution in [0.1, 0.15) is 10.4 Å². The Hall–Kier alpha value is -0.940. The molecule has 0 radical (unpaired) electrons. The molecule has 1 aromatic carbocycles. The van der Waals surface area contributed by atoms with Crippen LogP contribution in [-0.4, -0.2) is 24.2 Å². The van der Waals surface area contributed by atoms with Crippen LogP contribution in [0.4, 0.5) is 4.39 Å². The smallest absolute Gasteiger partial charge is 0.252 e. The van der Waals surface area contributed by atoms with Crippen molar-refractivity contribution in [2.45, 2.75) is 0 Å². The summed E-state index contributed by atoms with van der Waals surface area (Å²) in [6, 6.07) is 3.85. The van der Waals surface area contributed by atoms with Gasteiger partial charge in [0.25, 0.3) is 5.91 Å². The number of aliphatic hydroxyl groups excluding tert-OH is 1. The SMILES string of the molecule is O=C(NCCO)c1cc(F)ccc1Br. The molecule has 1 aromatic rings. The first-order valence-electron chi connectivity index (χ1n) is 3.99. The van der Waals surface area contributed by atoms with Gasteiger partial charge < -0.3 is 10.4 Å². The summed E-state index contributed by atoms with van der Waals surface area (Å²) in [6.07, 6.45) is 0. The first kappa shape index (κ1) is 11.1. The second-order valence-electron chi connectivity index (χ2n) is 2.60. The maximum absolute atomic E-state index is 12.8. The van der Waals surface area contributed by atoms with Crippen LogP contribution in [0.2, 0.25) is 0 Å². The van der Waals surface area contributed by atoms with Crippen LogP contribution in [0.15, 0.2) is 22.7 Å². The lowest BCUT2D eigenvalue weighted by Gasteiger charge is -2.05. The van der Waals surface area contributed by atoms with Crippen molar-refractivity contribution in [3.63, 3.8) is 0 Å². The Balaban J connectivity index is 2.83. The van der Waals surface area contributed by atoms with Crippen LogP contribution in [-0.2, 0) is 0 Å². The number of hydrogen-bond acceptors (Lipinski definition) is 2. The predicted molar refractivity (Wildman–Crippen MR) is 53.5 cm³/mol. The average Bonchev–Trinajstić information content (AvgIpc) is 2.18. The molecule has 0 atom stereocenters. The number of hydrogen-bond donors (Lipinski definition) is 2. The predicted octanol–water partition coefficient (Wildman–Crippen LogP) is 1.31. The number of nitrogens with one attached hydrogen (secondary N) is 1. The fourth-order valence-corrected chi connectivity index (χ4v) is 1.36. The molecule has 0 saturated heterocycles. The van der Waals surface area contributed by atoms with E-state index in [1.807, 2.05) is 0 Å². The first-order valence-corrected chi connectivity index (χ1v) is 4.78. The zero-order chi connectivity index (χ0) is 10.6. The average molecular weight is 262 g/mol. The highest BCUT2D eigenvalue weighted by Crippen LogP contribution is 2.17. The van der Waals surface area contributed by atoms with Crippen molar-refractivity contribution < 1.29 is 14.3 Å². The summed E-state index contributed by atoms with van der Waals surface area (Å²) < 4.78 is 13.3. The zero-order valence-electron chi connectivity index (χ0n) is 7.26. The van der Waals surface area contributed by atoms with Crippen molar-refractivity contribution in [2.24, 2.45) is 0 Å². The molecule has 0 bridgehead atoms. The van der Waals surface area contributed by atoms with Gasteiger partial charge in [0.15, 0.2) is 0 Å². The normalized spacial score (nSPS) is 9.93. The first-order chi connectivity index (χ1) is 6.65. The van der Waals surface area contributed by atoms with E-state index in [0.717, 1.165) is 6.07 Å². The standard InChI is InChI=1S/C9H9BrFNO2/c10-8-2-1-6(11)5-7(8)9(14)12-3-4-13/h1-2,5,13H,3-4H2,(H,12,14). The largest absolute Gasteiger partial charge is 0.395 e. The molecule has 0 fully saturated rings. The van der Waals surface area contributed by atoms with E-state index in [-0.39, 0.29) is 18.7 Å². The molecular formula is C9H9BrFNO2. The minimum absolute atomic E-state index is 0.140. The second kappa shape index (κ2) is 5.07. The molecule has 0 unspecified atom stereocenters. The van der Waals surface area contributed by atoms with Gasteiger partial charge in [-0.15, -0.1) is 0 Å². The number of carbonyl (C=O) groups excluding carboxylic acids is 1. The monoisotopic (exact) mass is 261 g/mol. The summed E-state index contributed by atoms with van der Waals surface area (Å²) in [6.45, 7) is 0.0143. The quantitative estimate of drug-likeness (QED) is 0.862. The van der Waals surface area contributed by atoms with E-state index >= 15 is 0 Å². The minimum Gasteiger partial charge on any atom is -0.395 e. The van der Waals surface area contributed by atoms with Crippen LogP contribution in [0, 0.1) is 5.82 Å². The highest BCUT2D eigenvalue weighted by atomic mass is 79.9. The highest BCUT2D eigenvalue weighted by molar-refractivity contribution is 9.10. The van der Waals surface area contributed by atoms with Crippen LogP contribution < -0.4 is 5.32 Å². The number of aliphatic hydroxyl groups is 1. The van der Waals surface area contributed by atoms with Crippen molar-refractivity contribution in [2.75, 3.05) is 13.2 Å². The van der Waals surface area contributed by atoms with E-state index in [4.69, 9.17) is 5.11 Å². The summed E-state index contributed by atoms with van der Waals surface area (Å²) in [5, 5.41) is 10.9. The molecule has 2 N–H and O–H groups in total. The lowest BCUT2D eigenvalue weighted by atomic mass is 10.2. The Labute approximate surface area is 89.1 Å². The van der Waals surface area contributed by atoms with Gasteiger partial charge in [0, 0.05) is 11.0 Å². The molecule has 0 heterocycles. The van der Waals surface area contributed by atoms with E-state index in [0.29, 0.717) is 4.47 Å².